The maximum Gasteiger partial charge on any atom is 0.333 e. The van der Waals surface area contributed by atoms with Gasteiger partial charge in [0.15, 0.2) is 0 Å². The van der Waals surface area contributed by atoms with E-state index in [0.29, 0.717) is 18.4 Å². The smallest absolute Gasteiger partial charge is 0.333 e. The van der Waals surface area contributed by atoms with Crippen LogP contribution in [-0.2, 0) is 9.53 Å². The van der Waals surface area contributed by atoms with Gasteiger partial charge in [-0.1, -0.05) is 6.58 Å². The topological polar surface area (TPSA) is 66.8 Å². The van der Waals surface area contributed by atoms with Gasteiger partial charge in [-0.15, -0.1) is 0 Å². The Morgan fingerprint density at radius 2 is 2.11 bits per heavy atom. The van der Waals surface area contributed by atoms with Crippen molar-refractivity contribution >= 4 is 5.97 Å². The average Bonchev–Trinajstić information content (AvgIpc) is 2.67. The predicted octanol–water partition coefficient (Wildman–Crippen LogP) is 1.16. The first-order chi connectivity index (χ1) is 8.34. The van der Waals surface area contributed by atoms with Crippen LogP contribution >= 0.6 is 0 Å². The Hall–Kier alpha value is -0.870. The highest BCUT2D eigenvalue weighted by Gasteiger charge is 2.66. The van der Waals surface area contributed by atoms with Crippen LogP contribution in [0.25, 0.3) is 0 Å². The zero-order valence-corrected chi connectivity index (χ0v) is 10.7. The molecule has 100 valence electrons. The van der Waals surface area contributed by atoms with E-state index in [0.717, 1.165) is 19.3 Å². The van der Waals surface area contributed by atoms with Gasteiger partial charge in [-0.3, -0.25) is 0 Å². The second-order valence-corrected chi connectivity index (χ2v) is 6.50. The van der Waals surface area contributed by atoms with E-state index in [-0.39, 0.29) is 17.8 Å². The van der Waals surface area contributed by atoms with E-state index in [1.54, 1.807) is 6.92 Å². The van der Waals surface area contributed by atoms with Gasteiger partial charge in [-0.2, -0.15) is 0 Å². The molecule has 18 heavy (non-hydrogen) atoms. The van der Waals surface area contributed by atoms with E-state index in [1.165, 1.54) is 0 Å². The fourth-order valence-electron chi connectivity index (χ4n) is 4.45. The van der Waals surface area contributed by atoms with Crippen LogP contribution in [-0.4, -0.2) is 33.5 Å². The summed E-state index contributed by atoms with van der Waals surface area (Å²) in [6.07, 6.45) is 2.71. The molecule has 0 aromatic carbocycles. The highest BCUT2D eigenvalue weighted by atomic mass is 16.6. The maximum absolute atomic E-state index is 11.7. The van der Waals surface area contributed by atoms with Crippen LogP contribution in [0.4, 0.5) is 0 Å². The van der Waals surface area contributed by atoms with E-state index in [2.05, 4.69) is 6.58 Å². The molecule has 4 heteroatoms. The van der Waals surface area contributed by atoms with Crippen molar-refractivity contribution in [1.29, 1.82) is 0 Å². The highest BCUT2D eigenvalue weighted by Crippen LogP contribution is 2.63. The first-order valence-electron chi connectivity index (χ1n) is 6.63. The zero-order valence-electron chi connectivity index (χ0n) is 10.7. The molecule has 0 saturated heterocycles. The lowest BCUT2D eigenvalue weighted by atomic mass is 9.66. The first kappa shape index (κ1) is 12.2. The standard InChI is InChI=1S/C14H20O4/c1-8(2)12(16)18-13-4-9-3-10(15)5-14(17,7-13)11(9)6-13/h9-11,15,17H,1,3-7H2,2H3. The molecule has 3 aliphatic rings. The number of rotatable bonds is 2. The van der Waals surface area contributed by atoms with Gasteiger partial charge in [-0.05, 0) is 38.0 Å². The molecule has 0 aromatic heterocycles. The summed E-state index contributed by atoms with van der Waals surface area (Å²) in [5.41, 5.74) is -0.951. The number of carbonyl (C=O) groups excluding carboxylic acids is 1. The molecule has 0 radical (unpaired) electrons. The molecule has 0 amide bonds. The van der Waals surface area contributed by atoms with Gasteiger partial charge in [0.1, 0.15) is 5.60 Å². The number of hydrogen-bond donors (Lipinski definition) is 2. The van der Waals surface area contributed by atoms with Crippen LogP contribution in [0.3, 0.4) is 0 Å². The Morgan fingerprint density at radius 3 is 2.72 bits per heavy atom. The number of aliphatic hydroxyl groups excluding tert-OH is 1. The van der Waals surface area contributed by atoms with Gasteiger partial charge in [-0.25, -0.2) is 4.79 Å². The van der Waals surface area contributed by atoms with Gasteiger partial charge < -0.3 is 14.9 Å². The molecule has 2 N–H and O–H groups in total. The lowest BCUT2D eigenvalue weighted by Crippen LogP contribution is -2.50. The SMILES string of the molecule is C=C(C)C(=O)OC12CC3CC(O)CC(O)(C1)C3C2. The van der Waals surface area contributed by atoms with Crippen molar-refractivity contribution in [2.75, 3.05) is 0 Å². The molecule has 3 saturated carbocycles. The van der Waals surface area contributed by atoms with Gasteiger partial charge in [0.2, 0.25) is 0 Å². The quantitative estimate of drug-likeness (QED) is 0.571. The van der Waals surface area contributed by atoms with E-state index in [1.807, 2.05) is 0 Å². The molecule has 3 aliphatic carbocycles. The van der Waals surface area contributed by atoms with Crippen LogP contribution in [0.5, 0.6) is 0 Å². The molecule has 2 bridgehead atoms. The van der Waals surface area contributed by atoms with Crippen LogP contribution in [0.2, 0.25) is 0 Å². The number of esters is 1. The number of hydrogen-bond acceptors (Lipinski definition) is 4. The summed E-state index contributed by atoms with van der Waals surface area (Å²) >= 11 is 0. The molecule has 0 aliphatic heterocycles. The normalized spacial score (nSPS) is 49.2. The van der Waals surface area contributed by atoms with Crippen molar-refractivity contribution in [2.45, 2.75) is 56.3 Å². The molecular formula is C14H20O4. The molecule has 0 spiro atoms. The third-order valence-electron chi connectivity index (χ3n) is 4.94. The summed E-state index contributed by atoms with van der Waals surface area (Å²) < 4.78 is 5.61. The summed E-state index contributed by atoms with van der Waals surface area (Å²) in [5.74, 6) is 0.101. The third kappa shape index (κ3) is 1.62. The van der Waals surface area contributed by atoms with Crippen LogP contribution in [0, 0.1) is 11.8 Å². The highest BCUT2D eigenvalue weighted by molar-refractivity contribution is 5.87. The Kier molecular flexibility index (Phi) is 2.42. The van der Waals surface area contributed by atoms with Gasteiger partial charge in [0.05, 0.1) is 11.7 Å². The Labute approximate surface area is 107 Å². The van der Waals surface area contributed by atoms with E-state index >= 15 is 0 Å². The lowest BCUT2D eigenvalue weighted by molar-refractivity contribution is -0.166. The van der Waals surface area contributed by atoms with Crippen molar-refractivity contribution in [3.63, 3.8) is 0 Å². The third-order valence-corrected chi connectivity index (χ3v) is 4.94. The first-order valence-corrected chi connectivity index (χ1v) is 6.63. The molecular weight excluding hydrogens is 232 g/mol. The number of carbonyl (C=O) groups is 1. The minimum atomic E-state index is -0.837. The van der Waals surface area contributed by atoms with E-state index in [9.17, 15) is 15.0 Å². The Bertz CT molecular complexity index is 418. The summed E-state index contributed by atoms with van der Waals surface area (Å²) in [6.45, 7) is 5.24. The summed E-state index contributed by atoms with van der Waals surface area (Å²) in [7, 11) is 0. The van der Waals surface area contributed by atoms with Crippen molar-refractivity contribution in [3.05, 3.63) is 12.2 Å². The molecule has 4 nitrogen and oxygen atoms in total. The van der Waals surface area contributed by atoms with Crippen molar-refractivity contribution in [2.24, 2.45) is 11.8 Å². The second kappa shape index (κ2) is 3.58. The van der Waals surface area contributed by atoms with Gasteiger partial charge in [0.25, 0.3) is 0 Å². The molecule has 0 heterocycles. The van der Waals surface area contributed by atoms with E-state index < -0.39 is 17.3 Å². The fraction of sp³-hybridized carbons (Fsp3) is 0.786. The Balaban J connectivity index is 1.82. The number of fused-ring (bicyclic) bond motifs is 1. The largest absolute Gasteiger partial charge is 0.456 e. The predicted molar refractivity (Wildman–Crippen MR) is 64.7 cm³/mol. The van der Waals surface area contributed by atoms with Crippen LogP contribution in [0.1, 0.15) is 39.0 Å². The van der Waals surface area contributed by atoms with Crippen LogP contribution < -0.4 is 0 Å². The summed E-state index contributed by atoms with van der Waals surface area (Å²) in [6, 6.07) is 0. The molecule has 3 fully saturated rings. The molecule has 5 unspecified atom stereocenters. The Morgan fingerprint density at radius 1 is 1.39 bits per heavy atom. The van der Waals surface area contributed by atoms with Gasteiger partial charge >= 0.3 is 5.97 Å². The van der Waals surface area contributed by atoms with E-state index in [4.69, 9.17) is 4.74 Å². The molecule has 0 aromatic rings. The maximum atomic E-state index is 11.7. The lowest BCUT2D eigenvalue weighted by Gasteiger charge is -2.45. The summed E-state index contributed by atoms with van der Waals surface area (Å²) in [5, 5.41) is 20.4. The number of aliphatic hydroxyl groups is 2. The minimum absolute atomic E-state index is 0.179. The second-order valence-electron chi connectivity index (χ2n) is 6.50. The molecule has 3 rings (SSSR count). The monoisotopic (exact) mass is 252 g/mol. The van der Waals surface area contributed by atoms with Crippen molar-refractivity contribution in [1.82, 2.24) is 0 Å². The minimum Gasteiger partial charge on any atom is -0.456 e. The van der Waals surface area contributed by atoms with Gasteiger partial charge in [0, 0.05) is 18.4 Å². The zero-order chi connectivity index (χ0) is 13.1. The number of ether oxygens (including phenoxy) is 1. The fourth-order valence-corrected chi connectivity index (χ4v) is 4.45. The average molecular weight is 252 g/mol. The summed E-state index contributed by atoms with van der Waals surface area (Å²) in [4.78, 5) is 11.7. The van der Waals surface area contributed by atoms with Crippen molar-refractivity contribution in [3.8, 4) is 0 Å². The van der Waals surface area contributed by atoms with Crippen LogP contribution in [0.15, 0.2) is 12.2 Å². The van der Waals surface area contributed by atoms with Crippen molar-refractivity contribution < 1.29 is 19.7 Å². The molecule has 5 atom stereocenters.